The van der Waals surface area contributed by atoms with E-state index in [1.165, 1.54) is 12.1 Å². The average molecular weight is 378 g/mol. The Morgan fingerprint density at radius 3 is 2.57 bits per heavy atom. The molecule has 0 spiro atoms. The Balaban J connectivity index is 1.79. The van der Waals surface area contributed by atoms with E-state index in [1.807, 2.05) is 35.2 Å². The standard InChI is InChI=1S/C21H16F2N4O/c22-17-7-6-16-15(10-19(28)26-21(16)20(17)23)13-27(18-11-24-8-9-25-18)12-14-4-2-1-3-5-14/h1-11H,12-13H2,(H,26,28). The van der Waals surface area contributed by atoms with Gasteiger partial charge in [0.05, 0.1) is 11.7 Å². The van der Waals surface area contributed by atoms with E-state index >= 15 is 0 Å². The number of anilines is 1. The van der Waals surface area contributed by atoms with Crippen molar-refractivity contribution in [2.24, 2.45) is 0 Å². The van der Waals surface area contributed by atoms with E-state index in [4.69, 9.17) is 0 Å². The molecule has 0 saturated heterocycles. The van der Waals surface area contributed by atoms with Crippen molar-refractivity contribution < 1.29 is 8.78 Å². The van der Waals surface area contributed by atoms with Gasteiger partial charge in [-0.25, -0.2) is 13.8 Å². The molecular weight excluding hydrogens is 362 g/mol. The van der Waals surface area contributed by atoms with Crippen LogP contribution in [0.5, 0.6) is 0 Å². The Kier molecular flexibility index (Phi) is 4.80. The van der Waals surface area contributed by atoms with Crippen molar-refractivity contribution in [2.75, 3.05) is 4.90 Å². The third-order valence-corrected chi connectivity index (χ3v) is 4.45. The number of halogens is 2. The Morgan fingerprint density at radius 2 is 1.82 bits per heavy atom. The van der Waals surface area contributed by atoms with Crippen LogP contribution >= 0.6 is 0 Å². The number of pyridine rings is 1. The van der Waals surface area contributed by atoms with Crippen LogP contribution in [0.1, 0.15) is 11.1 Å². The Bertz CT molecular complexity index is 1160. The summed E-state index contributed by atoms with van der Waals surface area (Å²) >= 11 is 0. The van der Waals surface area contributed by atoms with Crippen molar-refractivity contribution in [2.45, 2.75) is 13.1 Å². The van der Waals surface area contributed by atoms with Crippen LogP contribution < -0.4 is 10.5 Å². The second kappa shape index (κ2) is 7.56. The molecule has 4 rings (SSSR count). The summed E-state index contributed by atoms with van der Waals surface area (Å²) in [5.74, 6) is -1.46. The fourth-order valence-corrected chi connectivity index (χ4v) is 3.15. The summed E-state index contributed by atoms with van der Waals surface area (Å²) in [7, 11) is 0. The van der Waals surface area contributed by atoms with Gasteiger partial charge in [0.2, 0.25) is 5.56 Å². The molecule has 2 heterocycles. The molecular formula is C21H16F2N4O. The van der Waals surface area contributed by atoms with Crippen molar-refractivity contribution in [1.82, 2.24) is 15.0 Å². The molecule has 1 N–H and O–H groups in total. The molecule has 0 bridgehead atoms. The SMILES string of the molecule is O=c1cc(CN(Cc2ccccc2)c2cnccn2)c2ccc(F)c(F)c2[nH]1. The topological polar surface area (TPSA) is 61.9 Å². The van der Waals surface area contributed by atoms with Crippen molar-refractivity contribution in [3.63, 3.8) is 0 Å². The number of aromatic nitrogens is 3. The van der Waals surface area contributed by atoms with Crippen molar-refractivity contribution in [1.29, 1.82) is 0 Å². The predicted octanol–water partition coefficient (Wildman–Crippen LogP) is 3.80. The maximum Gasteiger partial charge on any atom is 0.248 e. The minimum atomic E-state index is -1.06. The molecule has 0 saturated carbocycles. The van der Waals surface area contributed by atoms with Gasteiger partial charge in [-0.1, -0.05) is 30.3 Å². The molecule has 0 unspecified atom stereocenters. The van der Waals surface area contributed by atoms with Gasteiger partial charge in [-0.3, -0.25) is 9.78 Å². The molecule has 7 heteroatoms. The van der Waals surface area contributed by atoms with Crippen LogP contribution in [0.25, 0.3) is 10.9 Å². The average Bonchev–Trinajstić information content (AvgIpc) is 2.72. The van der Waals surface area contributed by atoms with Gasteiger partial charge in [0.1, 0.15) is 5.82 Å². The molecule has 0 aliphatic carbocycles. The third-order valence-electron chi connectivity index (χ3n) is 4.45. The number of hydrogen-bond acceptors (Lipinski definition) is 4. The zero-order valence-corrected chi connectivity index (χ0v) is 14.8. The molecule has 4 aromatic rings. The zero-order chi connectivity index (χ0) is 19.5. The van der Waals surface area contributed by atoms with Gasteiger partial charge in [-0.15, -0.1) is 0 Å². The Hall–Kier alpha value is -3.61. The predicted molar refractivity (Wildman–Crippen MR) is 103 cm³/mol. The highest BCUT2D eigenvalue weighted by atomic mass is 19.2. The number of nitrogens with one attached hydrogen (secondary N) is 1. The summed E-state index contributed by atoms with van der Waals surface area (Å²) in [5.41, 5.74) is 0.978. The highest BCUT2D eigenvalue weighted by molar-refractivity contribution is 5.82. The molecule has 140 valence electrons. The zero-order valence-electron chi connectivity index (χ0n) is 14.8. The Morgan fingerprint density at radius 1 is 1.00 bits per heavy atom. The summed E-state index contributed by atoms with van der Waals surface area (Å²) in [6, 6.07) is 13.7. The highest BCUT2D eigenvalue weighted by Crippen LogP contribution is 2.24. The first kappa shape index (κ1) is 17.8. The summed E-state index contributed by atoms with van der Waals surface area (Å²) in [5, 5.41) is 0.445. The smallest absolute Gasteiger partial charge is 0.248 e. The monoisotopic (exact) mass is 378 g/mol. The summed E-state index contributed by atoms with van der Waals surface area (Å²) in [6.07, 6.45) is 4.78. The normalized spacial score (nSPS) is 10.9. The van der Waals surface area contributed by atoms with Gasteiger partial charge in [-0.2, -0.15) is 0 Å². The molecule has 5 nitrogen and oxygen atoms in total. The lowest BCUT2D eigenvalue weighted by Gasteiger charge is -2.24. The van der Waals surface area contributed by atoms with E-state index < -0.39 is 17.2 Å². The molecule has 0 atom stereocenters. The number of aromatic amines is 1. The molecule has 28 heavy (non-hydrogen) atoms. The highest BCUT2D eigenvalue weighted by Gasteiger charge is 2.16. The molecule has 0 aliphatic heterocycles. The second-order valence-electron chi connectivity index (χ2n) is 6.35. The van der Waals surface area contributed by atoms with Crippen LogP contribution in [0.3, 0.4) is 0 Å². The van der Waals surface area contributed by atoms with Crippen LogP contribution in [-0.2, 0) is 13.1 Å². The number of fused-ring (bicyclic) bond motifs is 1. The number of nitrogens with zero attached hydrogens (tertiary/aromatic N) is 3. The summed E-state index contributed by atoms with van der Waals surface area (Å²) in [6.45, 7) is 0.788. The molecule has 0 aliphatic rings. The Labute approximate surface area is 159 Å². The fraction of sp³-hybridized carbons (Fsp3) is 0.0952. The lowest BCUT2D eigenvalue weighted by molar-refractivity contribution is 0.515. The van der Waals surface area contributed by atoms with E-state index in [-0.39, 0.29) is 12.1 Å². The fourth-order valence-electron chi connectivity index (χ4n) is 3.15. The van der Waals surface area contributed by atoms with E-state index in [0.717, 1.165) is 11.6 Å². The van der Waals surface area contributed by atoms with E-state index in [9.17, 15) is 13.6 Å². The van der Waals surface area contributed by atoms with Gasteiger partial charge in [-0.05, 0) is 23.3 Å². The van der Waals surface area contributed by atoms with Gasteiger partial charge >= 0.3 is 0 Å². The van der Waals surface area contributed by atoms with E-state index in [1.54, 1.807) is 18.6 Å². The minimum absolute atomic E-state index is 0.138. The third kappa shape index (κ3) is 3.59. The minimum Gasteiger partial charge on any atom is -0.347 e. The lowest BCUT2D eigenvalue weighted by atomic mass is 10.1. The van der Waals surface area contributed by atoms with Crippen LogP contribution in [0.2, 0.25) is 0 Å². The van der Waals surface area contributed by atoms with E-state index in [0.29, 0.717) is 23.3 Å². The van der Waals surface area contributed by atoms with Gasteiger partial charge in [0.15, 0.2) is 11.6 Å². The van der Waals surface area contributed by atoms with E-state index in [2.05, 4.69) is 15.0 Å². The maximum atomic E-state index is 14.2. The molecule has 0 amide bonds. The first-order valence-electron chi connectivity index (χ1n) is 8.66. The first-order valence-corrected chi connectivity index (χ1v) is 8.66. The van der Waals surface area contributed by atoms with Gasteiger partial charge in [0.25, 0.3) is 0 Å². The molecule has 2 aromatic heterocycles. The van der Waals surface area contributed by atoms with Crippen LogP contribution in [0.4, 0.5) is 14.6 Å². The number of benzene rings is 2. The maximum absolute atomic E-state index is 14.2. The number of rotatable bonds is 5. The van der Waals surface area contributed by atoms with Crippen LogP contribution in [-0.4, -0.2) is 15.0 Å². The molecule has 2 aromatic carbocycles. The molecule has 0 radical (unpaired) electrons. The lowest BCUT2D eigenvalue weighted by Crippen LogP contribution is -2.24. The van der Waals surface area contributed by atoms with Crippen LogP contribution in [0, 0.1) is 11.6 Å². The quantitative estimate of drug-likeness (QED) is 0.574. The summed E-state index contributed by atoms with van der Waals surface area (Å²) < 4.78 is 27.8. The summed E-state index contributed by atoms with van der Waals surface area (Å²) in [4.78, 5) is 24.8. The molecule has 0 fully saturated rings. The number of hydrogen-bond donors (Lipinski definition) is 1. The van der Waals surface area contributed by atoms with Crippen molar-refractivity contribution in [3.05, 3.63) is 100 Å². The van der Waals surface area contributed by atoms with Crippen LogP contribution in [0.15, 0.2) is 71.9 Å². The van der Waals surface area contributed by atoms with Gasteiger partial charge < -0.3 is 9.88 Å². The largest absolute Gasteiger partial charge is 0.347 e. The number of H-pyrrole nitrogens is 1. The second-order valence-corrected chi connectivity index (χ2v) is 6.35. The first-order chi connectivity index (χ1) is 13.6. The van der Waals surface area contributed by atoms with Crippen molar-refractivity contribution >= 4 is 16.7 Å². The van der Waals surface area contributed by atoms with Crippen molar-refractivity contribution in [3.8, 4) is 0 Å². The van der Waals surface area contributed by atoms with Gasteiger partial charge in [0, 0.05) is 36.9 Å².